The van der Waals surface area contributed by atoms with Gasteiger partial charge in [-0.2, -0.15) is 0 Å². The summed E-state index contributed by atoms with van der Waals surface area (Å²) in [6, 6.07) is 20.4. The van der Waals surface area contributed by atoms with Crippen molar-refractivity contribution < 1.29 is 14.3 Å². The van der Waals surface area contributed by atoms with E-state index >= 15 is 0 Å². The van der Waals surface area contributed by atoms with Crippen LogP contribution in [0, 0.1) is 0 Å². The lowest BCUT2D eigenvalue weighted by Crippen LogP contribution is -2.61. The van der Waals surface area contributed by atoms with Crippen LogP contribution in [0.4, 0.5) is 5.69 Å². The molecule has 7 heteroatoms. The molecule has 0 bridgehead atoms. The van der Waals surface area contributed by atoms with Crippen LogP contribution < -0.4 is 10.1 Å². The summed E-state index contributed by atoms with van der Waals surface area (Å²) in [5, 5.41) is 3.57. The number of halogens is 1. The molecule has 174 valence electrons. The van der Waals surface area contributed by atoms with Crippen LogP contribution >= 0.6 is 11.6 Å². The summed E-state index contributed by atoms with van der Waals surface area (Å²) < 4.78 is 5.74. The van der Waals surface area contributed by atoms with Crippen molar-refractivity contribution in [2.75, 3.05) is 26.5 Å². The Morgan fingerprint density at radius 2 is 1.76 bits per heavy atom. The van der Waals surface area contributed by atoms with Crippen molar-refractivity contribution in [1.82, 2.24) is 9.80 Å². The number of hydrogen-bond donors (Lipinski definition) is 1. The molecule has 2 aliphatic heterocycles. The SMILES string of the molecule is COc1ccccc1C1(N2Cc3ccccc3C[C@H]2C(=O)N(C)C)C(=O)Nc2ccc(Cl)cc21. The normalized spacial score (nSPS) is 21.4. The third-order valence-corrected chi connectivity index (χ3v) is 7.09. The van der Waals surface area contributed by atoms with Crippen molar-refractivity contribution in [3.63, 3.8) is 0 Å². The number of nitrogens with zero attached hydrogens (tertiary/aromatic N) is 2. The summed E-state index contributed by atoms with van der Waals surface area (Å²) >= 11 is 6.46. The Morgan fingerprint density at radius 1 is 1.06 bits per heavy atom. The first-order valence-electron chi connectivity index (χ1n) is 11.2. The molecular formula is C27H26ClN3O3. The Balaban J connectivity index is 1.83. The topological polar surface area (TPSA) is 61.9 Å². The Labute approximate surface area is 204 Å². The number of carbonyl (C=O) groups excluding carboxylic acids is 2. The van der Waals surface area contributed by atoms with Gasteiger partial charge in [0.25, 0.3) is 5.91 Å². The number of methoxy groups -OCH3 is 1. The van der Waals surface area contributed by atoms with Gasteiger partial charge in [0, 0.05) is 42.5 Å². The standard InChI is InChI=1S/C27H26ClN3O3/c1-30(2)25(32)23-14-17-8-4-5-9-18(17)16-31(23)27(20-10-6-7-11-24(20)34-3)21-15-19(28)12-13-22(21)29-26(27)33/h4-13,15,23H,14,16H2,1-3H3,(H,29,33)/t23-,27?/m0/s1. The van der Waals surface area contributed by atoms with Crippen molar-refractivity contribution >= 4 is 29.1 Å². The second kappa shape index (κ2) is 8.46. The molecule has 1 N–H and O–H groups in total. The van der Waals surface area contributed by atoms with Crippen LogP contribution in [0.3, 0.4) is 0 Å². The van der Waals surface area contributed by atoms with Crippen LogP contribution in [0.1, 0.15) is 22.3 Å². The Hall–Kier alpha value is -3.35. The lowest BCUT2D eigenvalue weighted by molar-refractivity contribution is -0.141. The first kappa shape index (κ1) is 22.4. The number of likely N-dealkylation sites (N-methyl/N-ethyl adjacent to an activating group) is 1. The van der Waals surface area contributed by atoms with Gasteiger partial charge in [-0.05, 0) is 41.8 Å². The van der Waals surface area contributed by atoms with Crippen LogP contribution in [0.15, 0.2) is 66.7 Å². The van der Waals surface area contributed by atoms with Crippen molar-refractivity contribution in [3.8, 4) is 5.75 Å². The highest BCUT2D eigenvalue weighted by molar-refractivity contribution is 6.31. The molecule has 0 spiro atoms. The van der Waals surface area contributed by atoms with E-state index in [1.807, 2.05) is 53.4 Å². The van der Waals surface area contributed by atoms with Crippen LogP contribution in [0.2, 0.25) is 5.02 Å². The van der Waals surface area contributed by atoms with E-state index < -0.39 is 11.6 Å². The zero-order valence-corrected chi connectivity index (χ0v) is 20.1. The van der Waals surface area contributed by atoms with Gasteiger partial charge in [-0.3, -0.25) is 14.5 Å². The highest BCUT2D eigenvalue weighted by atomic mass is 35.5. The molecule has 3 aromatic rings. The van der Waals surface area contributed by atoms with Gasteiger partial charge in [0.2, 0.25) is 5.91 Å². The number of anilines is 1. The van der Waals surface area contributed by atoms with Gasteiger partial charge in [0.15, 0.2) is 5.54 Å². The number of nitrogens with one attached hydrogen (secondary N) is 1. The molecule has 34 heavy (non-hydrogen) atoms. The third kappa shape index (κ3) is 3.29. The van der Waals surface area contributed by atoms with Gasteiger partial charge >= 0.3 is 0 Å². The Bertz CT molecular complexity index is 1290. The van der Waals surface area contributed by atoms with E-state index in [9.17, 15) is 9.59 Å². The lowest BCUT2D eigenvalue weighted by Gasteiger charge is -2.47. The number of hydrogen-bond acceptors (Lipinski definition) is 4. The number of amides is 2. The van der Waals surface area contributed by atoms with Crippen molar-refractivity contribution in [2.24, 2.45) is 0 Å². The molecule has 0 fully saturated rings. The molecule has 0 saturated heterocycles. The van der Waals surface area contributed by atoms with E-state index in [-0.39, 0.29) is 11.8 Å². The van der Waals surface area contributed by atoms with Gasteiger partial charge in [0.1, 0.15) is 5.75 Å². The first-order valence-corrected chi connectivity index (χ1v) is 11.6. The molecule has 2 heterocycles. The highest BCUT2D eigenvalue weighted by Gasteiger charge is 2.58. The second-order valence-electron chi connectivity index (χ2n) is 8.90. The number of fused-ring (bicyclic) bond motifs is 2. The smallest absolute Gasteiger partial charge is 0.254 e. The van der Waals surface area contributed by atoms with Crippen LogP contribution in [-0.2, 0) is 28.1 Å². The van der Waals surface area contributed by atoms with Gasteiger partial charge < -0.3 is 15.0 Å². The zero-order valence-electron chi connectivity index (χ0n) is 19.3. The third-order valence-electron chi connectivity index (χ3n) is 6.85. The van der Waals surface area contributed by atoms with E-state index in [2.05, 4.69) is 17.4 Å². The Morgan fingerprint density at radius 3 is 2.50 bits per heavy atom. The van der Waals surface area contributed by atoms with Crippen LogP contribution in [0.5, 0.6) is 5.75 Å². The maximum Gasteiger partial charge on any atom is 0.254 e. The van der Waals surface area contributed by atoms with Crippen LogP contribution in [0.25, 0.3) is 0 Å². The van der Waals surface area contributed by atoms with E-state index in [1.54, 1.807) is 32.2 Å². The first-order chi connectivity index (χ1) is 16.4. The number of benzene rings is 3. The number of para-hydroxylation sites is 1. The quantitative estimate of drug-likeness (QED) is 0.618. The fourth-order valence-electron chi connectivity index (χ4n) is 5.30. The van der Waals surface area contributed by atoms with Crippen molar-refractivity contribution in [1.29, 1.82) is 0 Å². The molecule has 2 amide bonds. The molecule has 0 radical (unpaired) electrons. The summed E-state index contributed by atoms with van der Waals surface area (Å²) in [5.41, 5.74) is 2.95. The number of ether oxygens (including phenoxy) is 1. The van der Waals surface area contributed by atoms with E-state index in [0.29, 0.717) is 40.6 Å². The monoisotopic (exact) mass is 475 g/mol. The number of carbonyl (C=O) groups is 2. The maximum atomic E-state index is 14.1. The van der Waals surface area contributed by atoms with Gasteiger partial charge in [-0.25, -0.2) is 0 Å². The predicted octanol–water partition coefficient (Wildman–Crippen LogP) is 4.06. The summed E-state index contributed by atoms with van der Waals surface area (Å²) in [6.45, 7) is 0.415. The molecule has 1 unspecified atom stereocenters. The highest BCUT2D eigenvalue weighted by Crippen LogP contribution is 2.51. The molecule has 5 rings (SSSR count). The summed E-state index contributed by atoms with van der Waals surface area (Å²) in [4.78, 5) is 31.3. The van der Waals surface area contributed by atoms with Crippen molar-refractivity contribution in [2.45, 2.75) is 24.5 Å². The summed E-state index contributed by atoms with van der Waals surface area (Å²) in [6.07, 6.45) is 0.493. The maximum absolute atomic E-state index is 14.1. The minimum absolute atomic E-state index is 0.0629. The summed E-state index contributed by atoms with van der Waals surface area (Å²) in [7, 11) is 5.08. The van der Waals surface area contributed by atoms with Gasteiger partial charge in [-0.15, -0.1) is 0 Å². The van der Waals surface area contributed by atoms with Gasteiger partial charge in [-0.1, -0.05) is 54.1 Å². The van der Waals surface area contributed by atoms with Crippen molar-refractivity contribution in [3.05, 3.63) is 94.0 Å². The summed E-state index contributed by atoms with van der Waals surface area (Å²) in [5.74, 6) is 0.276. The largest absolute Gasteiger partial charge is 0.496 e. The molecule has 3 aromatic carbocycles. The minimum atomic E-state index is -1.31. The van der Waals surface area contributed by atoms with Gasteiger partial charge in [0.05, 0.1) is 13.2 Å². The second-order valence-corrected chi connectivity index (χ2v) is 9.34. The van der Waals surface area contributed by atoms with E-state index in [4.69, 9.17) is 16.3 Å². The fourth-order valence-corrected chi connectivity index (χ4v) is 5.48. The predicted molar refractivity (Wildman–Crippen MR) is 132 cm³/mol. The number of rotatable bonds is 4. The lowest BCUT2D eigenvalue weighted by atomic mass is 9.77. The van der Waals surface area contributed by atoms with E-state index in [0.717, 1.165) is 11.1 Å². The average molecular weight is 476 g/mol. The Kier molecular flexibility index (Phi) is 5.58. The molecule has 6 nitrogen and oxygen atoms in total. The molecule has 2 aliphatic rings. The zero-order chi connectivity index (χ0) is 24.0. The van der Waals surface area contributed by atoms with Crippen LogP contribution in [-0.4, -0.2) is 48.9 Å². The fraction of sp³-hybridized carbons (Fsp3) is 0.259. The average Bonchev–Trinajstić information content (AvgIpc) is 3.14. The molecule has 2 atom stereocenters. The molecule has 0 aromatic heterocycles. The molecular weight excluding hydrogens is 450 g/mol. The molecule has 0 aliphatic carbocycles. The molecule has 0 saturated carbocycles. The minimum Gasteiger partial charge on any atom is -0.496 e. The van der Waals surface area contributed by atoms with E-state index in [1.165, 1.54) is 0 Å².